The minimum atomic E-state index is -7.85. The fraction of sp³-hybridized carbons (Fsp3) is 1.00. The molecule has 0 saturated heterocycles. The van der Waals surface area contributed by atoms with Crippen LogP contribution in [0.5, 0.6) is 0 Å². The topological polar surface area (TPSA) is 32.3 Å². The molecule has 0 atom stereocenters. The molecule has 16 heteroatoms. The summed E-state index contributed by atoms with van der Waals surface area (Å²) in [5.74, 6) is -30.3. The van der Waals surface area contributed by atoms with Crippen LogP contribution in [-0.4, -0.2) is 40.5 Å². The SMILES string of the molecule is [O-]OSC1(F)C(F)(F)C(F)(F)C(F)(C(F)(F)F)C(F)(F)C1(F)F. The van der Waals surface area contributed by atoms with Crippen molar-refractivity contribution in [3.05, 3.63) is 0 Å². The zero-order chi connectivity index (χ0) is 18.9. The van der Waals surface area contributed by atoms with E-state index in [9.17, 15) is 62.3 Å². The van der Waals surface area contributed by atoms with Gasteiger partial charge in [-0.25, -0.2) is 8.78 Å². The van der Waals surface area contributed by atoms with Crippen LogP contribution in [0.4, 0.5) is 57.1 Å². The molecule has 0 radical (unpaired) electrons. The Morgan fingerprint density at radius 1 is 0.652 bits per heavy atom. The van der Waals surface area contributed by atoms with Gasteiger partial charge in [0, 0.05) is 12.0 Å². The Morgan fingerprint density at radius 3 is 1.17 bits per heavy atom. The zero-order valence-corrected chi connectivity index (χ0v) is 10.5. The molecule has 0 aromatic rings. The molecule has 1 fully saturated rings. The molecule has 138 valence electrons. The minimum Gasteiger partial charge on any atom is -0.710 e. The quantitative estimate of drug-likeness (QED) is 0.311. The Bertz CT molecular complexity index is 457. The lowest BCUT2D eigenvalue weighted by Gasteiger charge is -2.54. The van der Waals surface area contributed by atoms with E-state index in [2.05, 4.69) is 4.33 Å². The fourth-order valence-corrected chi connectivity index (χ4v) is 2.30. The first-order valence-corrected chi connectivity index (χ1v) is 5.49. The average molecular weight is 395 g/mol. The lowest BCUT2D eigenvalue weighted by molar-refractivity contribution is -0.631. The van der Waals surface area contributed by atoms with Crippen molar-refractivity contribution in [2.45, 2.75) is 40.5 Å². The van der Waals surface area contributed by atoms with Crippen molar-refractivity contribution in [1.29, 1.82) is 0 Å². The van der Waals surface area contributed by atoms with Crippen LogP contribution in [0, 0.1) is 0 Å². The van der Waals surface area contributed by atoms with Gasteiger partial charge in [-0.3, -0.25) is 0 Å². The van der Waals surface area contributed by atoms with Crippen molar-refractivity contribution < 1.29 is 66.7 Å². The van der Waals surface area contributed by atoms with Gasteiger partial charge in [-0.05, 0) is 0 Å². The van der Waals surface area contributed by atoms with Gasteiger partial charge >= 0.3 is 40.5 Å². The van der Waals surface area contributed by atoms with Crippen molar-refractivity contribution in [2.75, 3.05) is 0 Å². The predicted octanol–water partition coefficient (Wildman–Crippen LogP) is 3.42. The molecule has 2 nitrogen and oxygen atoms in total. The summed E-state index contributed by atoms with van der Waals surface area (Å²) in [4.78, 5) is 0. The third-order valence-corrected chi connectivity index (χ3v) is 3.81. The number of hydrogen-bond donors (Lipinski definition) is 0. The maximum atomic E-state index is 13.5. The molecule has 0 unspecified atom stereocenters. The van der Waals surface area contributed by atoms with Crippen LogP contribution in [0.15, 0.2) is 0 Å². The summed E-state index contributed by atoms with van der Waals surface area (Å²) < 4.78 is 171. The lowest BCUT2D eigenvalue weighted by atomic mass is 9.72. The van der Waals surface area contributed by atoms with Gasteiger partial charge in [-0.15, -0.1) is 0 Å². The normalized spacial score (nSPS) is 38.3. The van der Waals surface area contributed by atoms with Gasteiger partial charge in [0.1, 0.15) is 0 Å². The first-order valence-electron chi connectivity index (χ1n) is 4.74. The van der Waals surface area contributed by atoms with E-state index < -0.39 is 52.6 Å². The van der Waals surface area contributed by atoms with Crippen LogP contribution >= 0.6 is 12.0 Å². The Balaban J connectivity index is 3.94. The van der Waals surface area contributed by atoms with E-state index in [1.54, 1.807) is 0 Å². The third kappa shape index (κ3) is 1.82. The lowest BCUT2D eigenvalue weighted by Crippen LogP contribution is -2.87. The highest BCUT2D eigenvalue weighted by molar-refractivity contribution is 7.95. The molecule has 1 aliphatic carbocycles. The number of halogens is 13. The molecule has 1 rings (SSSR count). The van der Waals surface area contributed by atoms with E-state index in [4.69, 9.17) is 0 Å². The van der Waals surface area contributed by atoms with E-state index in [0.717, 1.165) is 0 Å². The second-order valence-corrected chi connectivity index (χ2v) is 5.07. The van der Waals surface area contributed by atoms with E-state index in [0.29, 0.717) is 0 Å². The summed E-state index contributed by atoms with van der Waals surface area (Å²) in [6, 6.07) is 0. The highest BCUT2D eigenvalue weighted by Crippen LogP contribution is 2.74. The van der Waals surface area contributed by atoms with Gasteiger partial charge in [-0.1, -0.05) is 0 Å². The second kappa shape index (κ2) is 4.71. The first-order chi connectivity index (χ1) is 9.81. The van der Waals surface area contributed by atoms with Gasteiger partial charge in [0.2, 0.25) is 0 Å². The monoisotopic (exact) mass is 395 g/mol. The van der Waals surface area contributed by atoms with E-state index in [1.807, 2.05) is 0 Å². The van der Waals surface area contributed by atoms with Crippen molar-refractivity contribution >= 4 is 12.0 Å². The zero-order valence-electron chi connectivity index (χ0n) is 9.64. The molecular formula is C7F13O2S-. The van der Waals surface area contributed by atoms with E-state index in [-0.39, 0.29) is 0 Å². The van der Waals surface area contributed by atoms with Gasteiger partial charge in [-0.2, -0.15) is 48.3 Å². The smallest absolute Gasteiger partial charge is 0.435 e. The Kier molecular flexibility index (Phi) is 4.18. The fourth-order valence-electron chi connectivity index (χ4n) is 1.74. The molecule has 1 saturated carbocycles. The summed E-state index contributed by atoms with van der Waals surface area (Å²) in [5, 5.41) is 2.80. The van der Waals surface area contributed by atoms with Crippen LogP contribution in [-0.2, 0) is 4.33 Å². The molecule has 0 spiro atoms. The van der Waals surface area contributed by atoms with Crippen molar-refractivity contribution in [3.8, 4) is 0 Å². The van der Waals surface area contributed by atoms with Gasteiger partial charge in [0.15, 0.2) is 0 Å². The Labute approximate surface area is 120 Å². The molecule has 0 aliphatic heterocycles. The largest absolute Gasteiger partial charge is 0.710 e. The molecule has 1 aliphatic rings. The van der Waals surface area contributed by atoms with Crippen molar-refractivity contribution in [3.63, 3.8) is 0 Å². The number of hydrogen-bond acceptors (Lipinski definition) is 3. The van der Waals surface area contributed by atoms with Crippen LogP contribution in [0.1, 0.15) is 0 Å². The molecule has 0 bridgehead atoms. The van der Waals surface area contributed by atoms with Crippen LogP contribution in [0.25, 0.3) is 0 Å². The first kappa shape index (κ1) is 20.4. The highest BCUT2D eigenvalue weighted by Gasteiger charge is 3.05. The van der Waals surface area contributed by atoms with Crippen LogP contribution < -0.4 is 5.26 Å². The molecule has 0 N–H and O–H groups in total. The number of rotatable bonds is 2. The maximum Gasteiger partial charge on any atom is 0.435 e. The van der Waals surface area contributed by atoms with Crippen LogP contribution in [0.2, 0.25) is 0 Å². The van der Waals surface area contributed by atoms with E-state index >= 15 is 0 Å². The highest BCUT2D eigenvalue weighted by atomic mass is 32.2. The van der Waals surface area contributed by atoms with Gasteiger partial charge in [0.25, 0.3) is 0 Å². The standard InChI is InChI=1S/C7HF13O2S/c8-1(7(18,19)20)2(9,10)4(13,14)6(17,23-22-21)5(15,16)3(1,11)12/h21H/p-1. The van der Waals surface area contributed by atoms with Crippen molar-refractivity contribution in [2.24, 2.45) is 0 Å². The summed E-state index contributed by atoms with van der Waals surface area (Å²) in [5.41, 5.74) is -7.85. The summed E-state index contributed by atoms with van der Waals surface area (Å²) in [6.45, 7) is 0. The molecule has 0 aromatic carbocycles. The summed E-state index contributed by atoms with van der Waals surface area (Å²) in [7, 11) is 0. The Hall–Kier alpha value is -0.640. The second-order valence-electron chi connectivity index (χ2n) is 4.20. The average Bonchev–Trinajstić information content (AvgIpc) is 2.34. The van der Waals surface area contributed by atoms with Crippen LogP contribution in [0.3, 0.4) is 0 Å². The van der Waals surface area contributed by atoms with E-state index in [1.165, 1.54) is 0 Å². The van der Waals surface area contributed by atoms with Crippen molar-refractivity contribution in [1.82, 2.24) is 0 Å². The van der Waals surface area contributed by atoms with Gasteiger partial charge < -0.3 is 9.59 Å². The summed E-state index contributed by atoms with van der Waals surface area (Å²) >= 11 is -2.53. The molecule has 0 aromatic heterocycles. The predicted molar refractivity (Wildman–Crippen MR) is 42.2 cm³/mol. The molecule has 0 heterocycles. The minimum absolute atomic E-state index is 2.06. The molecule has 23 heavy (non-hydrogen) atoms. The number of alkyl halides is 13. The van der Waals surface area contributed by atoms with Gasteiger partial charge in [0.05, 0.1) is 0 Å². The molecule has 0 amide bonds. The third-order valence-electron chi connectivity index (χ3n) is 3.00. The summed E-state index contributed by atoms with van der Waals surface area (Å²) in [6.07, 6.45) is -7.67. The maximum absolute atomic E-state index is 13.5. The Morgan fingerprint density at radius 2 is 0.957 bits per heavy atom. The molecular weight excluding hydrogens is 395 g/mol.